The van der Waals surface area contributed by atoms with Crippen LogP contribution in [0.5, 0.6) is 0 Å². The molecule has 5 nitrogen and oxygen atoms in total. The van der Waals surface area contributed by atoms with E-state index in [1.165, 1.54) is 5.69 Å². The summed E-state index contributed by atoms with van der Waals surface area (Å²) in [6.07, 6.45) is 1.64. The van der Waals surface area contributed by atoms with E-state index in [1.54, 1.807) is 11.2 Å². The number of hydrogen-bond donors (Lipinski definition) is 1. The van der Waals surface area contributed by atoms with E-state index in [0.29, 0.717) is 18.1 Å². The number of nitrogens with one attached hydrogen (secondary N) is 1. The number of benzene rings is 1. The summed E-state index contributed by atoms with van der Waals surface area (Å²) in [5.41, 5.74) is 2.66. The van der Waals surface area contributed by atoms with Gasteiger partial charge in [-0.25, -0.2) is 10.0 Å². The highest BCUT2D eigenvalue weighted by atomic mass is 15.5. The third-order valence-corrected chi connectivity index (χ3v) is 3.35. The second-order valence-electron chi connectivity index (χ2n) is 4.49. The lowest BCUT2D eigenvalue weighted by Crippen LogP contribution is -2.25. The van der Waals surface area contributed by atoms with E-state index in [9.17, 15) is 0 Å². The topological polar surface area (TPSA) is 55.1 Å². The Labute approximate surface area is 120 Å². The lowest BCUT2D eigenvalue weighted by atomic mass is 10.2. The molecule has 1 N–H and O–H groups in total. The number of rotatable bonds is 5. The molecule has 1 aromatic carbocycles. The largest absolute Gasteiger partial charge is 0.372 e. The lowest BCUT2D eigenvalue weighted by molar-refractivity contribution is 0.483. The first-order valence-corrected chi connectivity index (χ1v) is 7.03. The maximum absolute atomic E-state index is 7.94. The molecular formula is C15H21N5. The molecule has 0 saturated heterocycles. The summed E-state index contributed by atoms with van der Waals surface area (Å²) in [5, 5.41) is 13.7. The first kappa shape index (κ1) is 14.2. The smallest absolute Gasteiger partial charge is 0.169 e. The molecule has 20 heavy (non-hydrogen) atoms. The van der Waals surface area contributed by atoms with E-state index in [0.717, 1.165) is 18.8 Å². The van der Waals surface area contributed by atoms with Gasteiger partial charge in [0.15, 0.2) is 5.84 Å². The Morgan fingerprint density at radius 2 is 1.80 bits per heavy atom. The van der Waals surface area contributed by atoms with Crippen LogP contribution in [-0.4, -0.2) is 42.4 Å². The van der Waals surface area contributed by atoms with Crippen molar-refractivity contribution in [3.8, 4) is 0 Å². The van der Waals surface area contributed by atoms with Gasteiger partial charge in [0.05, 0.1) is 11.9 Å². The summed E-state index contributed by atoms with van der Waals surface area (Å²) >= 11 is 0. The summed E-state index contributed by atoms with van der Waals surface area (Å²) in [4.78, 5) is 6.76. The first-order valence-electron chi connectivity index (χ1n) is 7.03. The molecule has 1 aliphatic rings. The minimum atomic E-state index is 0.361. The Balaban J connectivity index is 2.16. The average Bonchev–Trinajstić information content (AvgIpc) is 2.82. The molecule has 1 heterocycles. The van der Waals surface area contributed by atoms with Gasteiger partial charge in [0.25, 0.3) is 0 Å². The molecule has 1 aromatic rings. The lowest BCUT2D eigenvalue weighted by Gasteiger charge is -2.20. The van der Waals surface area contributed by atoms with Crippen molar-refractivity contribution in [2.24, 2.45) is 10.1 Å². The molecule has 0 amide bonds. The molecule has 0 fully saturated rings. The van der Waals surface area contributed by atoms with Crippen LogP contribution in [0.15, 0.2) is 34.4 Å². The molecule has 0 radical (unpaired) electrons. The molecule has 0 aliphatic carbocycles. The van der Waals surface area contributed by atoms with Crippen molar-refractivity contribution >= 4 is 29.1 Å². The van der Waals surface area contributed by atoms with Crippen molar-refractivity contribution in [3.05, 3.63) is 24.3 Å². The van der Waals surface area contributed by atoms with Crippen molar-refractivity contribution in [3.63, 3.8) is 0 Å². The molecule has 0 aromatic heterocycles. The number of amidine groups is 1. The average molecular weight is 271 g/mol. The Morgan fingerprint density at radius 3 is 2.30 bits per heavy atom. The van der Waals surface area contributed by atoms with Crippen LogP contribution in [0, 0.1) is 5.41 Å². The van der Waals surface area contributed by atoms with E-state index >= 15 is 0 Å². The molecule has 5 heteroatoms. The van der Waals surface area contributed by atoms with Gasteiger partial charge in [0.1, 0.15) is 5.71 Å². The molecule has 0 spiro atoms. The van der Waals surface area contributed by atoms with Crippen LogP contribution in [0.3, 0.4) is 0 Å². The Bertz CT molecular complexity index is 526. The van der Waals surface area contributed by atoms with Crippen molar-refractivity contribution in [2.45, 2.75) is 20.8 Å². The van der Waals surface area contributed by atoms with Crippen molar-refractivity contribution in [1.82, 2.24) is 5.01 Å². The quantitative estimate of drug-likeness (QED) is 0.895. The zero-order valence-electron chi connectivity index (χ0n) is 12.3. The molecule has 0 bridgehead atoms. The van der Waals surface area contributed by atoms with Crippen LogP contribution < -0.4 is 4.90 Å². The predicted molar refractivity (Wildman–Crippen MR) is 85.7 cm³/mol. The molecular weight excluding hydrogens is 250 g/mol. The third-order valence-electron chi connectivity index (χ3n) is 3.35. The number of aliphatic imine (C=N–C) groups is 1. The highest BCUT2D eigenvalue weighted by molar-refractivity contribution is 6.63. The summed E-state index contributed by atoms with van der Waals surface area (Å²) in [6, 6.07) is 8.10. The van der Waals surface area contributed by atoms with Crippen molar-refractivity contribution in [1.29, 1.82) is 5.41 Å². The maximum Gasteiger partial charge on any atom is 0.169 e. The fourth-order valence-corrected chi connectivity index (χ4v) is 2.16. The number of anilines is 1. The van der Waals surface area contributed by atoms with E-state index in [-0.39, 0.29) is 0 Å². The van der Waals surface area contributed by atoms with Gasteiger partial charge in [-0.05, 0) is 45.0 Å². The van der Waals surface area contributed by atoms with Gasteiger partial charge >= 0.3 is 0 Å². The van der Waals surface area contributed by atoms with E-state index in [4.69, 9.17) is 5.41 Å². The Kier molecular flexibility index (Phi) is 4.50. The normalized spacial score (nSPS) is 16.2. The number of hydrogen-bond acceptors (Lipinski definition) is 4. The van der Waals surface area contributed by atoms with Gasteiger partial charge in [0.2, 0.25) is 0 Å². The van der Waals surface area contributed by atoms with Gasteiger partial charge in [-0.2, -0.15) is 5.10 Å². The Morgan fingerprint density at radius 1 is 1.15 bits per heavy atom. The molecule has 0 saturated carbocycles. The summed E-state index contributed by atoms with van der Waals surface area (Å²) < 4.78 is 0. The zero-order valence-corrected chi connectivity index (χ0v) is 12.3. The molecule has 2 rings (SSSR count). The van der Waals surface area contributed by atoms with Crippen LogP contribution in [0.4, 0.5) is 11.4 Å². The van der Waals surface area contributed by atoms with Gasteiger partial charge in [0, 0.05) is 25.3 Å². The molecule has 1 aliphatic heterocycles. The highest BCUT2D eigenvalue weighted by Crippen LogP contribution is 2.20. The number of nitrogens with zero attached hydrogens (tertiary/aromatic N) is 4. The van der Waals surface area contributed by atoms with Gasteiger partial charge in [-0.1, -0.05) is 0 Å². The second kappa shape index (κ2) is 6.32. The maximum atomic E-state index is 7.94. The summed E-state index contributed by atoms with van der Waals surface area (Å²) in [7, 11) is 0. The highest BCUT2D eigenvalue weighted by Gasteiger charge is 2.18. The molecule has 106 valence electrons. The standard InChI is InChI=1S/C15H21N5/c1-4-19(5-2)13-9-7-12(8-10-13)18-14-11-17-20(6-3)15(14)16/h7-11,16H,4-6H2,1-3H3. The van der Waals surface area contributed by atoms with Crippen molar-refractivity contribution in [2.75, 3.05) is 24.5 Å². The fraction of sp³-hybridized carbons (Fsp3) is 0.400. The van der Waals surface area contributed by atoms with E-state index in [2.05, 4.69) is 41.0 Å². The Hall–Kier alpha value is -2.17. The van der Waals surface area contributed by atoms with Crippen molar-refractivity contribution < 1.29 is 0 Å². The van der Waals surface area contributed by atoms with Gasteiger partial charge in [-0.15, -0.1) is 0 Å². The van der Waals surface area contributed by atoms with Crippen LogP contribution in [0.2, 0.25) is 0 Å². The fourth-order valence-electron chi connectivity index (χ4n) is 2.16. The van der Waals surface area contributed by atoms with Crippen LogP contribution >= 0.6 is 0 Å². The monoisotopic (exact) mass is 271 g/mol. The predicted octanol–water partition coefficient (Wildman–Crippen LogP) is 2.90. The third kappa shape index (κ3) is 2.87. The molecule has 0 atom stereocenters. The summed E-state index contributed by atoms with van der Waals surface area (Å²) in [5.74, 6) is 0.361. The van der Waals surface area contributed by atoms with Crippen LogP contribution in [0.1, 0.15) is 20.8 Å². The van der Waals surface area contributed by atoms with Gasteiger partial charge in [-0.3, -0.25) is 5.41 Å². The minimum Gasteiger partial charge on any atom is -0.372 e. The number of hydrazone groups is 1. The second-order valence-corrected chi connectivity index (χ2v) is 4.49. The van der Waals surface area contributed by atoms with Crippen LogP contribution in [0.25, 0.3) is 0 Å². The minimum absolute atomic E-state index is 0.361. The summed E-state index contributed by atoms with van der Waals surface area (Å²) in [6.45, 7) is 8.93. The van der Waals surface area contributed by atoms with E-state index < -0.39 is 0 Å². The zero-order chi connectivity index (χ0) is 14.5. The molecule has 0 unspecified atom stereocenters. The SMILES string of the molecule is CCN1N=CC(=Nc2ccc(N(CC)CC)cc2)C1=N. The first-order chi connectivity index (χ1) is 9.69. The van der Waals surface area contributed by atoms with Gasteiger partial charge < -0.3 is 4.90 Å². The van der Waals surface area contributed by atoms with Crippen LogP contribution in [-0.2, 0) is 0 Å². The van der Waals surface area contributed by atoms with E-state index in [1.807, 2.05) is 19.1 Å².